The fraction of sp³-hybridized carbons (Fsp3) is 0.500. The summed E-state index contributed by atoms with van der Waals surface area (Å²) in [6.45, 7) is 4.50. The van der Waals surface area contributed by atoms with Gasteiger partial charge in [0.15, 0.2) is 5.65 Å². The molecule has 114 valence electrons. The lowest BCUT2D eigenvalue weighted by molar-refractivity contribution is -0.123. The molecule has 1 N–H and O–H groups in total. The summed E-state index contributed by atoms with van der Waals surface area (Å²) in [6.07, 6.45) is 3.02. The Morgan fingerprint density at radius 1 is 1.52 bits per heavy atom. The van der Waals surface area contributed by atoms with Crippen LogP contribution in [0.4, 0.5) is 0 Å². The van der Waals surface area contributed by atoms with Crippen molar-refractivity contribution in [2.24, 2.45) is 0 Å². The van der Waals surface area contributed by atoms with Crippen molar-refractivity contribution in [1.29, 1.82) is 0 Å². The topological polar surface area (TPSA) is 59.8 Å². The molecule has 2 aromatic heterocycles. The monoisotopic (exact) mass is 328 g/mol. The summed E-state index contributed by atoms with van der Waals surface area (Å²) in [5, 5.41) is 3.41. The standard InChI is InChI=1S/C14H18Cl2N4O/c1-3-6-17-14(21)9(2)20-12(4-5-15)19-11-7-10(16)8-18-13(11)20/h7-9H,3-6H2,1-2H3,(H,17,21). The van der Waals surface area contributed by atoms with Crippen LogP contribution < -0.4 is 5.32 Å². The van der Waals surface area contributed by atoms with Crippen LogP contribution in [0.2, 0.25) is 5.02 Å². The van der Waals surface area contributed by atoms with E-state index in [-0.39, 0.29) is 5.91 Å². The maximum absolute atomic E-state index is 12.2. The van der Waals surface area contributed by atoms with E-state index in [1.165, 1.54) is 0 Å². The van der Waals surface area contributed by atoms with Gasteiger partial charge in [-0.3, -0.25) is 4.79 Å². The third-order valence-corrected chi connectivity index (χ3v) is 3.60. The number of carbonyl (C=O) groups excluding carboxylic acids is 1. The van der Waals surface area contributed by atoms with E-state index in [9.17, 15) is 4.79 Å². The first kappa shape index (κ1) is 16.0. The highest BCUT2D eigenvalue weighted by molar-refractivity contribution is 6.31. The minimum absolute atomic E-state index is 0.0521. The molecule has 2 rings (SSSR count). The molecule has 1 unspecified atom stereocenters. The second-order valence-electron chi connectivity index (χ2n) is 4.80. The number of nitrogens with zero attached hydrogens (tertiary/aromatic N) is 3. The van der Waals surface area contributed by atoms with Crippen molar-refractivity contribution in [3.8, 4) is 0 Å². The first-order valence-corrected chi connectivity index (χ1v) is 7.85. The van der Waals surface area contributed by atoms with Gasteiger partial charge in [-0.15, -0.1) is 11.6 Å². The molecular formula is C14H18Cl2N4O. The van der Waals surface area contributed by atoms with Crippen molar-refractivity contribution in [3.05, 3.63) is 23.1 Å². The first-order chi connectivity index (χ1) is 10.1. The summed E-state index contributed by atoms with van der Waals surface area (Å²) in [6, 6.07) is 1.35. The van der Waals surface area contributed by atoms with E-state index in [4.69, 9.17) is 23.2 Å². The van der Waals surface area contributed by atoms with Crippen LogP contribution in [0.1, 0.15) is 32.1 Å². The molecule has 21 heavy (non-hydrogen) atoms. The smallest absolute Gasteiger partial charge is 0.242 e. The number of rotatable bonds is 6. The van der Waals surface area contributed by atoms with E-state index in [0.29, 0.717) is 35.0 Å². The highest BCUT2D eigenvalue weighted by atomic mass is 35.5. The van der Waals surface area contributed by atoms with Crippen molar-refractivity contribution < 1.29 is 4.79 Å². The molecule has 0 aliphatic rings. The average Bonchev–Trinajstić information content (AvgIpc) is 2.81. The maximum Gasteiger partial charge on any atom is 0.242 e. The van der Waals surface area contributed by atoms with Gasteiger partial charge in [0, 0.05) is 25.0 Å². The average molecular weight is 329 g/mol. The fourth-order valence-electron chi connectivity index (χ4n) is 2.19. The van der Waals surface area contributed by atoms with E-state index in [0.717, 1.165) is 12.2 Å². The van der Waals surface area contributed by atoms with Crippen LogP contribution >= 0.6 is 23.2 Å². The maximum atomic E-state index is 12.2. The molecule has 0 saturated heterocycles. The van der Waals surface area contributed by atoms with Crippen LogP contribution in [0.5, 0.6) is 0 Å². The lowest BCUT2D eigenvalue weighted by Crippen LogP contribution is -2.32. The van der Waals surface area contributed by atoms with Gasteiger partial charge in [0.05, 0.1) is 5.02 Å². The van der Waals surface area contributed by atoms with Gasteiger partial charge in [0.25, 0.3) is 0 Å². The molecule has 2 aromatic rings. The second kappa shape index (κ2) is 7.09. The Morgan fingerprint density at radius 3 is 2.95 bits per heavy atom. The largest absolute Gasteiger partial charge is 0.354 e. The highest BCUT2D eigenvalue weighted by Gasteiger charge is 2.21. The zero-order valence-electron chi connectivity index (χ0n) is 12.1. The lowest BCUT2D eigenvalue weighted by Gasteiger charge is -2.16. The predicted molar refractivity (Wildman–Crippen MR) is 85.0 cm³/mol. The number of carbonyl (C=O) groups is 1. The number of halogens is 2. The Balaban J connectivity index is 2.44. The summed E-state index contributed by atoms with van der Waals surface area (Å²) in [7, 11) is 0. The molecule has 0 bridgehead atoms. The number of aryl methyl sites for hydroxylation is 1. The molecule has 5 nitrogen and oxygen atoms in total. The van der Waals surface area contributed by atoms with Crippen LogP contribution in [0.15, 0.2) is 12.3 Å². The van der Waals surface area contributed by atoms with Gasteiger partial charge < -0.3 is 9.88 Å². The molecule has 0 aromatic carbocycles. The highest BCUT2D eigenvalue weighted by Crippen LogP contribution is 2.22. The minimum Gasteiger partial charge on any atom is -0.354 e. The van der Waals surface area contributed by atoms with Crippen molar-refractivity contribution in [1.82, 2.24) is 19.9 Å². The van der Waals surface area contributed by atoms with Crippen LogP contribution in [0, 0.1) is 0 Å². The van der Waals surface area contributed by atoms with Gasteiger partial charge in [-0.05, 0) is 19.4 Å². The van der Waals surface area contributed by atoms with Gasteiger partial charge in [0.1, 0.15) is 17.4 Å². The van der Waals surface area contributed by atoms with Crippen molar-refractivity contribution in [3.63, 3.8) is 0 Å². The molecule has 0 radical (unpaired) electrons. The van der Waals surface area contributed by atoms with E-state index in [2.05, 4.69) is 15.3 Å². The summed E-state index contributed by atoms with van der Waals surface area (Å²) in [5.74, 6) is 1.12. The zero-order chi connectivity index (χ0) is 15.4. The third kappa shape index (κ3) is 3.47. The third-order valence-electron chi connectivity index (χ3n) is 3.20. The number of imidazole rings is 1. The van der Waals surface area contributed by atoms with Crippen LogP contribution in [0.25, 0.3) is 11.2 Å². The second-order valence-corrected chi connectivity index (χ2v) is 5.61. The number of hydrogen-bond donors (Lipinski definition) is 1. The van der Waals surface area contributed by atoms with Crippen molar-refractivity contribution in [2.45, 2.75) is 32.7 Å². The quantitative estimate of drug-likeness (QED) is 0.829. The molecule has 7 heteroatoms. The normalized spacial score (nSPS) is 12.6. The van der Waals surface area contributed by atoms with E-state index in [1.54, 1.807) is 12.3 Å². The van der Waals surface area contributed by atoms with E-state index < -0.39 is 6.04 Å². The van der Waals surface area contributed by atoms with Crippen LogP contribution in [-0.4, -0.2) is 32.9 Å². The van der Waals surface area contributed by atoms with Crippen molar-refractivity contribution in [2.75, 3.05) is 12.4 Å². The lowest BCUT2D eigenvalue weighted by atomic mass is 10.2. The number of fused-ring (bicyclic) bond motifs is 1. The molecule has 0 saturated carbocycles. The van der Waals surface area contributed by atoms with Gasteiger partial charge >= 0.3 is 0 Å². The van der Waals surface area contributed by atoms with Gasteiger partial charge in [0.2, 0.25) is 5.91 Å². The minimum atomic E-state index is -0.395. The number of pyridine rings is 1. The molecule has 0 spiro atoms. The van der Waals surface area contributed by atoms with E-state index in [1.807, 2.05) is 18.4 Å². The van der Waals surface area contributed by atoms with Crippen molar-refractivity contribution >= 4 is 40.3 Å². The summed E-state index contributed by atoms with van der Waals surface area (Å²) < 4.78 is 1.83. The molecule has 0 aliphatic carbocycles. The first-order valence-electron chi connectivity index (χ1n) is 6.94. The summed E-state index contributed by atoms with van der Waals surface area (Å²) >= 11 is 11.8. The van der Waals surface area contributed by atoms with Crippen LogP contribution in [-0.2, 0) is 11.2 Å². The number of aromatic nitrogens is 3. The van der Waals surface area contributed by atoms with Gasteiger partial charge in [-0.1, -0.05) is 18.5 Å². The number of amides is 1. The van der Waals surface area contributed by atoms with Gasteiger partial charge in [-0.25, -0.2) is 9.97 Å². The molecule has 0 fully saturated rings. The predicted octanol–water partition coefficient (Wildman–Crippen LogP) is 2.95. The molecule has 1 atom stereocenters. The molecule has 0 aliphatic heterocycles. The fourth-order valence-corrected chi connectivity index (χ4v) is 2.51. The summed E-state index contributed by atoms with van der Waals surface area (Å²) in [4.78, 5) is 21.0. The Kier molecular flexibility index (Phi) is 5.42. The Labute approximate surface area is 133 Å². The van der Waals surface area contributed by atoms with Crippen LogP contribution in [0.3, 0.4) is 0 Å². The Morgan fingerprint density at radius 2 is 2.29 bits per heavy atom. The number of hydrogen-bond acceptors (Lipinski definition) is 3. The zero-order valence-corrected chi connectivity index (χ0v) is 13.6. The molecule has 1 amide bonds. The van der Waals surface area contributed by atoms with Gasteiger partial charge in [-0.2, -0.15) is 0 Å². The molecule has 2 heterocycles. The number of alkyl halides is 1. The van der Waals surface area contributed by atoms with E-state index >= 15 is 0 Å². The molecular weight excluding hydrogens is 311 g/mol. The SMILES string of the molecule is CCCNC(=O)C(C)n1c(CCCl)nc2cc(Cl)cnc21. The Hall–Kier alpha value is -1.33. The summed E-state index contributed by atoms with van der Waals surface area (Å²) in [5.41, 5.74) is 1.33. The number of nitrogens with one attached hydrogen (secondary N) is 1. The Bertz CT molecular complexity index is 641.